The highest BCUT2D eigenvalue weighted by atomic mass is 79.9. The Morgan fingerprint density at radius 2 is 2.08 bits per heavy atom. The number of benzene rings is 1. The van der Waals surface area contributed by atoms with E-state index in [4.69, 9.17) is 4.84 Å². The first-order valence-corrected chi connectivity index (χ1v) is 4.71. The lowest BCUT2D eigenvalue weighted by atomic mass is 10.2. The Morgan fingerprint density at radius 3 is 2.62 bits per heavy atom. The zero-order chi connectivity index (χ0) is 9.68. The highest BCUT2D eigenvalue weighted by molar-refractivity contribution is 9.10. The van der Waals surface area contributed by atoms with E-state index < -0.39 is 0 Å². The summed E-state index contributed by atoms with van der Waals surface area (Å²) in [6, 6.07) is 7.05. The summed E-state index contributed by atoms with van der Waals surface area (Å²) in [5.74, 6) is -0.227. The number of nitrogens with one attached hydrogen (secondary N) is 1. The van der Waals surface area contributed by atoms with Crippen molar-refractivity contribution < 1.29 is 9.63 Å². The van der Waals surface area contributed by atoms with E-state index in [1.807, 2.05) is 6.92 Å². The first-order chi connectivity index (χ1) is 6.24. The molecule has 1 amide bonds. The van der Waals surface area contributed by atoms with Gasteiger partial charge < -0.3 is 0 Å². The molecule has 0 aliphatic carbocycles. The molecule has 0 radical (unpaired) electrons. The largest absolute Gasteiger partial charge is 0.274 e. The third-order valence-electron chi connectivity index (χ3n) is 1.42. The molecule has 0 aliphatic rings. The molecular weight excluding hydrogens is 234 g/mol. The van der Waals surface area contributed by atoms with Gasteiger partial charge in [0.1, 0.15) is 0 Å². The van der Waals surface area contributed by atoms with Gasteiger partial charge in [-0.3, -0.25) is 9.63 Å². The normalized spacial score (nSPS) is 9.69. The fourth-order valence-electron chi connectivity index (χ4n) is 0.798. The molecule has 1 aromatic rings. The molecule has 13 heavy (non-hydrogen) atoms. The van der Waals surface area contributed by atoms with E-state index in [0.717, 1.165) is 4.47 Å². The van der Waals surface area contributed by atoms with E-state index in [9.17, 15) is 4.79 Å². The highest BCUT2D eigenvalue weighted by Gasteiger charge is 2.03. The van der Waals surface area contributed by atoms with E-state index in [1.54, 1.807) is 24.3 Å². The molecule has 70 valence electrons. The minimum absolute atomic E-state index is 0.227. The second-order valence-corrected chi connectivity index (χ2v) is 3.29. The van der Waals surface area contributed by atoms with Crippen molar-refractivity contribution in [3.8, 4) is 0 Å². The van der Waals surface area contributed by atoms with Crippen LogP contribution in [0.5, 0.6) is 0 Å². The summed E-state index contributed by atoms with van der Waals surface area (Å²) >= 11 is 3.28. The van der Waals surface area contributed by atoms with Crippen molar-refractivity contribution >= 4 is 21.8 Å². The van der Waals surface area contributed by atoms with Crippen LogP contribution in [0.15, 0.2) is 28.7 Å². The molecule has 0 fully saturated rings. The van der Waals surface area contributed by atoms with Crippen molar-refractivity contribution in [2.24, 2.45) is 0 Å². The number of rotatable bonds is 3. The van der Waals surface area contributed by atoms with Gasteiger partial charge in [0, 0.05) is 10.0 Å². The van der Waals surface area contributed by atoms with Crippen LogP contribution in [0.25, 0.3) is 0 Å². The summed E-state index contributed by atoms with van der Waals surface area (Å²) in [7, 11) is 0. The van der Waals surface area contributed by atoms with Gasteiger partial charge in [0.2, 0.25) is 0 Å². The molecule has 1 N–H and O–H groups in total. The van der Waals surface area contributed by atoms with Crippen molar-refractivity contribution in [1.29, 1.82) is 0 Å². The Bertz CT molecular complexity index is 284. The van der Waals surface area contributed by atoms with Crippen LogP contribution in [-0.4, -0.2) is 12.5 Å². The zero-order valence-corrected chi connectivity index (χ0v) is 8.80. The molecule has 0 heterocycles. The molecule has 0 aromatic heterocycles. The SMILES string of the molecule is CCONC(=O)c1ccc(Br)cc1. The molecule has 0 atom stereocenters. The molecule has 0 bridgehead atoms. The second kappa shape index (κ2) is 4.99. The first-order valence-electron chi connectivity index (χ1n) is 3.91. The quantitative estimate of drug-likeness (QED) is 0.827. The van der Waals surface area contributed by atoms with Gasteiger partial charge >= 0.3 is 0 Å². The maximum absolute atomic E-state index is 11.3. The number of amides is 1. The van der Waals surface area contributed by atoms with Crippen LogP contribution >= 0.6 is 15.9 Å². The fraction of sp³-hybridized carbons (Fsp3) is 0.222. The molecule has 1 aromatic carbocycles. The van der Waals surface area contributed by atoms with Crippen LogP contribution < -0.4 is 5.48 Å². The Labute approximate surface area is 85.2 Å². The topological polar surface area (TPSA) is 38.3 Å². The summed E-state index contributed by atoms with van der Waals surface area (Å²) in [6.07, 6.45) is 0. The van der Waals surface area contributed by atoms with E-state index >= 15 is 0 Å². The molecule has 3 nitrogen and oxygen atoms in total. The molecule has 4 heteroatoms. The molecule has 0 spiro atoms. The van der Waals surface area contributed by atoms with Crippen molar-refractivity contribution in [3.63, 3.8) is 0 Å². The number of hydrogen-bond donors (Lipinski definition) is 1. The van der Waals surface area contributed by atoms with Gasteiger partial charge in [-0.25, -0.2) is 5.48 Å². The van der Waals surface area contributed by atoms with Gasteiger partial charge in [0.15, 0.2) is 0 Å². The third-order valence-corrected chi connectivity index (χ3v) is 1.94. The number of hydrogen-bond acceptors (Lipinski definition) is 2. The van der Waals surface area contributed by atoms with Crippen LogP contribution in [-0.2, 0) is 4.84 Å². The van der Waals surface area contributed by atoms with Crippen LogP contribution in [0.1, 0.15) is 17.3 Å². The highest BCUT2D eigenvalue weighted by Crippen LogP contribution is 2.10. The predicted molar refractivity (Wildman–Crippen MR) is 53.2 cm³/mol. The van der Waals surface area contributed by atoms with Crippen LogP contribution in [0.4, 0.5) is 0 Å². The lowest BCUT2D eigenvalue weighted by molar-refractivity contribution is 0.0364. The van der Waals surface area contributed by atoms with E-state index in [0.29, 0.717) is 12.2 Å². The lowest BCUT2D eigenvalue weighted by Crippen LogP contribution is -2.23. The number of carbonyl (C=O) groups is 1. The number of halogens is 1. The van der Waals surface area contributed by atoms with Gasteiger partial charge in [-0.15, -0.1) is 0 Å². The molecule has 0 aliphatic heterocycles. The van der Waals surface area contributed by atoms with E-state index in [1.165, 1.54) is 0 Å². The van der Waals surface area contributed by atoms with Gasteiger partial charge in [0.25, 0.3) is 5.91 Å². The monoisotopic (exact) mass is 243 g/mol. The molecule has 0 unspecified atom stereocenters. The minimum Gasteiger partial charge on any atom is -0.274 e. The van der Waals surface area contributed by atoms with Gasteiger partial charge in [-0.05, 0) is 31.2 Å². The average Bonchev–Trinajstić information content (AvgIpc) is 2.15. The Kier molecular flexibility index (Phi) is 3.92. The zero-order valence-electron chi connectivity index (χ0n) is 7.21. The smallest absolute Gasteiger partial charge is 0.274 e. The van der Waals surface area contributed by atoms with Crippen molar-refractivity contribution in [2.75, 3.05) is 6.61 Å². The Hall–Kier alpha value is -0.870. The summed E-state index contributed by atoms with van der Waals surface area (Å²) in [5.41, 5.74) is 2.89. The second-order valence-electron chi connectivity index (χ2n) is 2.37. The maximum Gasteiger partial charge on any atom is 0.274 e. The van der Waals surface area contributed by atoms with E-state index in [2.05, 4.69) is 21.4 Å². The molecule has 1 rings (SSSR count). The molecule has 0 saturated carbocycles. The van der Waals surface area contributed by atoms with Crippen molar-refractivity contribution in [1.82, 2.24) is 5.48 Å². The Morgan fingerprint density at radius 1 is 1.46 bits per heavy atom. The van der Waals surface area contributed by atoms with Gasteiger partial charge in [-0.2, -0.15) is 0 Å². The standard InChI is InChI=1S/C9H10BrNO2/c1-2-13-11-9(12)7-3-5-8(10)6-4-7/h3-6H,2H2,1H3,(H,11,12). The predicted octanol–water partition coefficient (Wildman–Crippen LogP) is 2.13. The van der Waals surface area contributed by atoms with Crippen LogP contribution in [0.3, 0.4) is 0 Å². The minimum atomic E-state index is -0.227. The summed E-state index contributed by atoms with van der Waals surface area (Å²) in [5, 5.41) is 0. The molecule has 0 saturated heterocycles. The fourth-order valence-corrected chi connectivity index (χ4v) is 1.06. The van der Waals surface area contributed by atoms with Crippen LogP contribution in [0, 0.1) is 0 Å². The lowest BCUT2D eigenvalue weighted by Gasteiger charge is -2.02. The Balaban J connectivity index is 2.61. The summed E-state index contributed by atoms with van der Waals surface area (Å²) in [4.78, 5) is 16.0. The van der Waals surface area contributed by atoms with Crippen molar-refractivity contribution in [2.45, 2.75) is 6.92 Å². The van der Waals surface area contributed by atoms with Crippen molar-refractivity contribution in [3.05, 3.63) is 34.3 Å². The number of hydroxylamine groups is 1. The average molecular weight is 244 g/mol. The third kappa shape index (κ3) is 3.16. The van der Waals surface area contributed by atoms with Gasteiger partial charge in [-0.1, -0.05) is 15.9 Å². The van der Waals surface area contributed by atoms with Gasteiger partial charge in [0.05, 0.1) is 6.61 Å². The van der Waals surface area contributed by atoms with Crippen LogP contribution in [0.2, 0.25) is 0 Å². The van der Waals surface area contributed by atoms with E-state index in [-0.39, 0.29) is 5.91 Å². The maximum atomic E-state index is 11.3. The first kappa shape index (κ1) is 10.2. The molecular formula is C9H10BrNO2. The summed E-state index contributed by atoms with van der Waals surface area (Å²) in [6.45, 7) is 2.27. The number of carbonyl (C=O) groups excluding carboxylic acids is 1. The summed E-state index contributed by atoms with van der Waals surface area (Å²) < 4.78 is 0.945.